The van der Waals surface area contributed by atoms with E-state index in [2.05, 4.69) is 156 Å². The van der Waals surface area contributed by atoms with E-state index < -0.39 is 0 Å². The van der Waals surface area contributed by atoms with Crippen LogP contribution in [0.25, 0.3) is 77.7 Å². The molecule has 1 aliphatic heterocycles. The lowest BCUT2D eigenvalue weighted by Gasteiger charge is -2.35. The van der Waals surface area contributed by atoms with Crippen molar-refractivity contribution in [2.45, 2.75) is 50.7 Å². The van der Waals surface area contributed by atoms with Crippen LogP contribution in [0, 0.1) is 5.82 Å². The molecule has 0 amide bonds. The Morgan fingerprint density at radius 3 is 2.05 bits per heavy atom. The topological polar surface area (TPSA) is 37.0 Å². The summed E-state index contributed by atoms with van der Waals surface area (Å²) in [5, 5.41) is 13.9. The second-order valence-corrected chi connectivity index (χ2v) is 16.2. The summed E-state index contributed by atoms with van der Waals surface area (Å²) in [7, 11) is 0. The molecule has 59 heavy (non-hydrogen) atoms. The highest BCUT2D eigenvalue weighted by Crippen LogP contribution is 2.44. The number of aryl methyl sites for hydroxylation is 1. The maximum absolute atomic E-state index is 13.8. The summed E-state index contributed by atoms with van der Waals surface area (Å²) < 4.78 is 13.8. The average molecular weight is 766 g/mol. The number of nitrogens with one attached hydrogen (secondary N) is 2. The maximum atomic E-state index is 13.8. The van der Waals surface area contributed by atoms with E-state index in [0.29, 0.717) is 0 Å². The van der Waals surface area contributed by atoms with Gasteiger partial charge in [-0.05, 0) is 118 Å². The molecule has 2 unspecified atom stereocenters. The molecule has 0 saturated carbocycles. The van der Waals surface area contributed by atoms with E-state index >= 15 is 0 Å². The van der Waals surface area contributed by atoms with E-state index in [9.17, 15) is 4.39 Å². The molecule has 0 radical (unpaired) electrons. The number of hydrogen-bond donors (Lipinski definition) is 2. The Labute approximate surface area is 344 Å². The molecular formula is C55H44FN3. The summed E-state index contributed by atoms with van der Waals surface area (Å²) in [6.45, 7) is 0. The zero-order valence-corrected chi connectivity index (χ0v) is 32.9. The van der Waals surface area contributed by atoms with Crippen LogP contribution in [-0.2, 0) is 6.42 Å². The lowest BCUT2D eigenvalue weighted by molar-refractivity contribution is 0.449. The number of allylic oxidation sites excluding steroid dienone is 2. The maximum Gasteiger partial charge on any atom is 0.123 e. The van der Waals surface area contributed by atoms with Crippen LogP contribution < -0.4 is 10.6 Å². The number of aromatic nitrogens is 1. The Kier molecular flexibility index (Phi) is 9.01. The molecule has 3 aliphatic rings. The van der Waals surface area contributed by atoms with Gasteiger partial charge in [-0.25, -0.2) is 9.37 Å². The number of rotatable bonds is 6. The molecule has 0 saturated heterocycles. The molecule has 11 rings (SSSR count). The number of nitrogens with zero attached hydrogens (tertiary/aromatic N) is 1. The normalized spacial score (nSPS) is 17.7. The minimum atomic E-state index is -0.231. The van der Waals surface area contributed by atoms with Crippen molar-refractivity contribution in [1.82, 2.24) is 15.6 Å². The first kappa shape index (κ1) is 35.5. The highest BCUT2D eigenvalue weighted by Gasteiger charge is 2.26. The zero-order valence-electron chi connectivity index (χ0n) is 32.9. The first-order valence-corrected chi connectivity index (χ1v) is 21.1. The van der Waals surface area contributed by atoms with Crippen molar-refractivity contribution in [1.29, 1.82) is 0 Å². The van der Waals surface area contributed by atoms with Gasteiger partial charge >= 0.3 is 0 Å². The number of fused-ring (bicyclic) bond motifs is 8. The first-order chi connectivity index (χ1) is 29.1. The quantitative estimate of drug-likeness (QED) is 0.131. The second-order valence-electron chi connectivity index (χ2n) is 16.2. The van der Waals surface area contributed by atoms with Gasteiger partial charge in [0.05, 0.1) is 17.3 Å². The lowest BCUT2D eigenvalue weighted by atomic mass is 9.84. The fourth-order valence-electron chi connectivity index (χ4n) is 9.64. The SMILES string of the molecule is Fc1ccc(-c2ccc(-c3nc4cc(-c5ccc(C6NC(c7ccccc7)=CC(C7=CCCCC7)N6)cc5)ccc4c4c5c(c6ccccc6c34)CCC=C5)cc2)cc1. The van der Waals surface area contributed by atoms with Crippen LogP contribution in [-0.4, -0.2) is 11.0 Å². The van der Waals surface area contributed by atoms with Gasteiger partial charge in [0, 0.05) is 27.4 Å². The molecule has 4 heteroatoms. The molecule has 0 bridgehead atoms. The summed E-state index contributed by atoms with van der Waals surface area (Å²) in [5.74, 6) is -0.231. The minimum absolute atomic E-state index is 0.0206. The molecule has 3 nitrogen and oxygen atoms in total. The predicted octanol–water partition coefficient (Wildman–Crippen LogP) is 13.7. The van der Waals surface area contributed by atoms with Gasteiger partial charge in [-0.2, -0.15) is 0 Å². The van der Waals surface area contributed by atoms with E-state index in [-0.39, 0.29) is 18.0 Å². The van der Waals surface area contributed by atoms with E-state index in [4.69, 9.17) is 4.98 Å². The lowest BCUT2D eigenvalue weighted by Crippen LogP contribution is -2.44. The molecule has 286 valence electrons. The summed E-state index contributed by atoms with van der Waals surface area (Å²) >= 11 is 0. The van der Waals surface area contributed by atoms with Gasteiger partial charge < -0.3 is 5.32 Å². The summed E-state index contributed by atoms with van der Waals surface area (Å²) in [4.78, 5) is 5.55. The van der Waals surface area contributed by atoms with Crippen molar-refractivity contribution in [3.05, 3.63) is 197 Å². The standard InChI is InChI=1S/C55H44FN3/c56-43-30-27-36(28-31-43)35-19-23-40(24-20-35)54-53-47-18-10-8-16-45(47)44-15-7-9-17-46(44)52(53)48-32-29-42(33-51(48)57-54)37-21-25-41(26-22-37)55-58-49(38-11-3-1-4-12-38)34-50(59-55)39-13-5-2-6-14-39/h1,3-4,8-13,16-34,50,55,58-59H,2,5-7,14-15H2. The monoisotopic (exact) mass is 765 g/mol. The summed E-state index contributed by atoms with van der Waals surface area (Å²) in [6.07, 6.45) is 16.3. The van der Waals surface area contributed by atoms with Crippen LogP contribution in [0.3, 0.4) is 0 Å². The Bertz CT molecular complexity index is 2980. The van der Waals surface area contributed by atoms with Crippen molar-refractivity contribution in [2.24, 2.45) is 0 Å². The van der Waals surface area contributed by atoms with Crippen LogP contribution in [0.2, 0.25) is 0 Å². The fourth-order valence-corrected chi connectivity index (χ4v) is 9.64. The molecule has 7 aromatic carbocycles. The van der Waals surface area contributed by atoms with Crippen LogP contribution in [0.4, 0.5) is 4.39 Å². The Balaban J connectivity index is 1.01. The molecular weight excluding hydrogens is 722 g/mol. The second kappa shape index (κ2) is 15.0. The minimum Gasteiger partial charge on any atom is -0.366 e. The van der Waals surface area contributed by atoms with Gasteiger partial charge in [0.25, 0.3) is 0 Å². The van der Waals surface area contributed by atoms with E-state index in [1.807, 2.05) is 12.1 Å². The third-order valence-electron chi connectivity index (χ3n) is 12.7. The largest absolute Gasteiger partial charge is 0.366 e. The highest BCUT2D eigenvalue weighted by atomic mass is 19.1. The Hall–Kier alpha value is -6.62. The van der Waals surface area contributed by atoms with Gasteiger partial charge in [-0.15, -0.1) is 0 Å². The average Bonchev–Trinajstić information content (AvgIpc) is 3.32. The summed E-state index contributed by atoms with van der Waals surface area (Å²) in [6, 6.07) is 50.9. The van der Waals surface area contributed by atoms with Crippen molar-refractivity contribution in [3.63, 3.8) is 0 Å². The number of pyridine rings is 1. The van der Waals surface area contributed by atoms with Gasteiger partial charge in [0.2, 0.25) is 0 Å². The van der Waals surface area contributed by atoms with Crippen molar-refractivity contribution in [2.75, 3.05) is 0 Å². The molecule has 0 spiro atoms. The van der Waals surface area contributed by atoms with Gasteiger partial charge in [0.1, 0.15) is 12.0 Å². The highest BCUT2D eigenvalue weighted by molar-refractivity contribution is 6.25. The number of benzene rings is 7. The van der Waals surface area contributed by atoms with E-state index in [1.165, 1.54) is 85.4 Å². The first-order valence-electron chi connectivity index (χ1n) is 21.1. The van der Waals surface area contributed by atoms with Crippen LogP contribution in [0.5, 0.6) is 0 Å². The summed E-state index contributed by atoms with van der Waals surface area (Å²) in [5.41, 5.74) is 15.1. The molecule has 2 N–H and O–H groups in total. The van der Waals surface area contributed by atoms with E-state index in [0.717, 1.165) is 64.7 Å². The Morgan fingerprint density at radius 1 is 0.576 bits per heavy atom. The van der Waals surface area contributed by atoms with Crippen molar-refractivity contribution in [3.8, 4) is 33.5 Å². The zero-order chi connectivity index (χ0) is 39.3. The fraction of sp³-hybridized carbons (Fsp3) is 0.145. The number of hydrogen-bond acceptors (Lipinski definition) is 3. The molecule has 1 aromatic heterocycles. The predicted molar refractivity (Wildman–Crippen MR) is 244 cm³/mol. The van der Waals surface area contributed by atoms with Crippen molar-refractivity contribution >= 4 is 44.2 Å². The smallest absolute Gasteiger partial charge is 0.123 e. The van der Waals surface area contributed by atoms with Gasteiger partial charge in [0.15, 0.2) is 0 Å². The third kappa shape index (κ3) is 6.54. The molecule has 2 aliphatic carbocycles. The Morgan fingerprint density at radius 2 is 1.27 bits per heavy atom. The van der Waals surface area contributed by atoms with E-state index in [1.54, 1.807) is 0 Å². The molecule has 0 fully saturated rings. The molecule has 2 atom stereocenters. The van der Waals surface area contributed by atoms with Crippen LogP contribution in [0.15, 0.2) is 169 Å². The number of halogens is 1. The molecule has 2 heterocycles. The third-order valence-corrected chi connectivity index (χ3v) is 12.7. The van der Waals surface area contributed by atoms with Gasteiger partial charge in [-0.1, -0.05) is 151 Å². The van der Waals surface area contributed by atoms with Gasteiger partial charge in [-0.3, -0.25) is 5.32 Å². The van der Waals surface area contributed by atoms with Crippen LogP contribution >= 0.6 is 0 Å². The molecule has 8 aromatic rings. The van der Waals surface area contributed by atoms with Crippen LogP contribution in [0.1, 0.15) is 60.5 Å². The van der Waals surface area contributed by atoms with Crippen molar-refractivity contribution < 1.29 is 4.39 Å².